The first kappa shape index (κ1) is 13.5. The van der Waals surface area contributed by atoms with Crippen LogP contribution in [0.4, 0.5) is 5.69 Å². The summed E-state index contributed by atoms with van der Waals surface area (Å²) in [5.74, 6) is -1.22. The number of hydrogen-bond donors (Lipinski definition) is 2. The van der Waals surface area contributed by atoms with Gasteiger partial charge >= 0.3 is 5.97 Å². The Balaban J connectivity index is 2.99. The second kappa shape index (κ2) is 5.15. The van der Waals surface area contributed by atoms with Gasteiger partial charge in [0.2, 0.25) is 10.0 Å². The minimum absolute atomic E-state index is 0.0463. The summed E-state index contributed by atoms with van der Waals surface area (Å²) in [6.45, 7) is -0.630. The average Bonchev–Trinajstić information content (AvgIpc) is 2.27. The van der Waals surface area contributed by atoms with E-state index in [1.54, 1.807) is 31.1 Å². The Morgan fingerprint density at radius 3 is 2.59 bits per heavy atom. The maximum Gasteiger partial charge on any atom is 0.318 e. The Kier molecular flexibility index (Phi) is 4.08. The van der Waals surface area contributed by atoms with Gasteiger partial charge in [-0.3, -0.25) is 4.79 Å². The maximum absolute atomic E-state index is 11.7. The van der Waals surface area contributed by atoms with Crippen molar-refractivity contribution in [1.82, 2.24) is 4.72 Å². The molecule has 1 rings (SSSR count). The Morgan fingerprint density at radius 2 is 2.06 bits per heavy atom. The van der Waals surface area contributed by atoms with Crippen molar-refractivity contribution in [1.29, 1.82) is 0 Å². The summed E-state index contributed by atoms with van der Waals surface area (Å²) in [6, 6.07) is 6.25. The van der Waals surface area contributed by atoms with E-state index in [4.69, 9.17) is 5.11 Å². The van der Waals surface area contributed by atoms with E-state index in [1.165, 1.54) is 12.1 Å². The van der Waals surface area contributed by atoms with E-state index in [0.717, 1.165) is 5.69 Å². The highest BCUT2D eigenvalue weighted by atomic mass is 32.2. The van der Waals surface area contributed by atoms with Crippen molar-refractivity contribution in [3.8, 4) is 0 Å². The van der Waals surface area contributed by atoms with Crippen molar-refractivity contribution in [3.63, 3.8) is 0 Å². The normalized spacial score (nSPS) is 11.2. The smallest absolute Gasteiger partial charge is 0.318 e. The Labute approximate surface area is 99.9 Å². The van der Waals surface area contributed by atoms with Gasteiger partial charge in [-0.1, -0.05) is 6.07 Å². The zero-order valence-corrected chi connectivity index (χ0v) is 10.4. The van der Waals surface area contributed by atoms with Gasteiger partial charge in [0.1, 0.15) is 6.54 Å². The molecule has 0 amide bonds. The zero-order valence-electron chi connectivity index (χ0n) is 9.54. The van der Waals surface area contributed by atoms with Crippen molar-refractivity contribution in [2.24, 2.45) is 0 Å². The molecule has 1 aromatic rings. The number of sulfonamides is 1. The zero-order chi connectivity index (χ0) is 13.1. The standard InChI is InChI=1S/C10H14N2O4S/c1-12(2)8-4-3-5-9(6-8)17(15,16)11-7-10(13)14/h3-6,11H,7H2,1-2H3,(H,13,14). The molecule has 17 heavy (non-hydrogen) atoms. The molecule has 0 saturated heterocycles. The fourth-order valence-corrected chi connectivity index (χ4v) is 2.18. The first-order valence-corrected chi connectivity index (χ1v) is 6.30. The lowest BCUT2D eigenvalue weighted by Crippen LogP contribution is -2.29. The minimum atomic E-state index is -3.77. The quantitative estimate of drug-likeness (QED) is 0.783. The van der Waals surface area contributed by atoms with Crippen LogP contribution in [0.25, 0.3) is 0 Å². The summed E-state index contributed by atoms with van der Waals surface area (Å²) in [5.41, 5.74) is 0.725. The van der Waals surface area contributed by atoms with Crippen LogP contribution in [0.3, 0.4) is 0 Å². The number of hydrogen-bond acceptors (Lipinski definition) is 4. The largest absolute Gasteiger partial charge is 0.480 e. The van der Waals surface area contributed by atoms with Gasteiger partial charge in [-0.25, -0.2) is 8.42 Å². The molecule has 0 bridgehead atoms. The van der Waals surface area contributed by atoms with Crippen molar-refractivity contribution in [3.05, 3.63) is 24.3 Å². The van der Waals surface area contributed by atoms with Crippen LogP contribution >= 0.6 is 0 Å². The number of aliphatic carboxylic acids is 1. The third-order valence-electron chi connectivity index (χ3n) is 2.06. The second-order valence-corrected chi connectivity index (χ2v) is 5.38. The molecule has 0 saturated carbocycles. The van der Waals surface area contributed by atoms with E-state index < -0.39 is 22.5 Å². The van der Waals surface area contributed by atoms with Crippen LogP contribution in [0.5, 0.6) is 0 Å². The number of nitrogens with zero attached hydrogens (tertiary/aromatic N) is 1. The molecule has 0 spiro atoms. The van der Waals surface area contributed by atoms with E-state index >= 15 is 0 Å². The number of anilines is 1. The van der Waals surface area contributed by atoms with Gasteiger partial charge in [0.25, 0.3) is 0 Å². The fraction of sp³-hybridized carbons (Fsp3) is 0.300. The van der Waals surface area contributed by atoms with Crippen molar-refractivity contribution in [2.45, 2.75) is 4.90 Å². The number of carbonyl (C=O) groups is 1. The average molecular weight is 258 g/mol. The predicted octanol–water partition coefficient (Wildman–Crippen LogP) is 0.115. The van der Waals surface area contributed by atoms with E-state index in [1.807, 2.05) is 4.72 Å². The molecule has 0 aliphatic carbocycles. The summed E-state index contributed by atoms with van der Waals surface area (Å²) in [4.78, 5) is 12.1. The molecule has 2 N–H and O–H groups in total. The molecule has 0 aromatic heterocycles. The summed E-state index contributed by atoms with van der Waals surface area (Å²) < 4.78 is 25.4. The van der Waals surface area contributed by atoms with Crippen LogP contribution in [-0.4, -0.2) is 40.1 Å². The molecular formula is C10H14N2O4S. The molecule has 0 radical (unpaired) electrons. The number of benzene rings is 1. The first-order chi connectivity index (χ1) is 7.83. The van der Waals surface area contributed by atoms with Crippen LogP contribution in [0.2, 0.25) is 0 Å². The van der Waals surface area contributed by atoms with E-state index in [-0.39, 0.29) is 4.90 Å². The first-order valence-electron chi connectivity index (χ1n) is 4.82. The molecule has 94 valence electrons. The molecule has 0 atom stereocenters. The summed E-state index contributed by atoms with van der Waals surface area (Å²) in [7, 11) is -0.193. The van der Waals surface area contributed by atoms with Crippen LogP contribution in [0.15, 0.2) is 29.2 Å². The predicted molar refractivity (Wildman–Crippen MR) is 63.6 cm³/mol. The van der Waals surface area contributed by atoms with Crippen LogP contribution in [0.1, 0.15) is 0 Å². The maximum atomic E-state index is 11.7. The van der Waals surface area contributed by atoms with E-state index in [2.05, 4.69) is 0 Å². The molecule has 0 fully saturated rings. The molecule has 0 aliphatic rings. The van der Waals surface area contributed by atoms with Gasteiger partial charge < -0.3 is 10.0 Å². The van der Waals surface area contributed by atoms with Gasteiger partial charge in [0.15, 0.2) is 0 Å². The van der Waals surface area contributed by atoms with Crippen LogP contribution in [-0.2, 0) is 14.8 Å². The van der Waals surface area contributed by atoms with Crippen molar-refractivity contribution >= 4 is 21.7 Å². The van der Waals surface area contributed by atoms with Gasteiger partial charge in [-0.15, -0.1) is 0 Å². The topological polar surface area (TPSA) is 86.7 Å². The van der Waals surface area contributed by atoms with Crippen molar-refractivity contribution in [2.75, 3.05) is 25.5 Å². The Hall–Kier alpha value is -1.60. The van der Waals surface area contributed by atoms with Gasteiger partial charge in [0.05, 0.1) is 4.90 Å². The van der Waals surface area contributed by atoms with Gasteiger partial charge in [-0.05, 0) is 18.2 Å². The van der Waals surface area contributed by atoms with Crippen LogP contribution in [0, 0.1) is 0 Å². The summed E-state index contributed by atoms with van der Waals surface area (Å²) in [5, 5.41) is 8.43. The Bertz CT molecular complexity index is 511. The number of carboxylic acid groups (broad SMARTS) is 1. The minimum Gasteiger partial charge on any atom is -0.480 e. The lowest BCUT2D eigenvalue weighted by atomic mass is 10.3. The monoisotopic (exact) mass is 258 g/mol. The molecule has 1 aromatic carbocycles. The third-order valence-corrected chi connectivity index (χ3v) is 3.46. The molecule has 0 aliphatic heterocycles. The highest BCUT2D eigenvalue weighted by molar-refractivity contribution is 7.89. The number of nitrogens with one attached hydrogen (secondary N) is 1. The lowest BCUT2D eigenvalue weighted by molar-refractivity contribution is -0.135. The lowest BCUT2D eigenvalue weighted by Gasteiger charge is -2.13. The highest BCUT2D eigenvalue weighted by Crippen LogP contribution is 2.17. The molecular weight excluding hydrogens is 244 g/mol. The number of rotatable bonds is 5. The van der Waals surface area contributed by atoms with E-state index in [9.17, 15) is 13.2 Å². The SMILES string of the molecule is CN(C)c1cccc(S(=O)(=O)NCC(=O)O)c1. The summed E-state index contributed by atoms with van der Waals surface area (Å²) >= 11 is 0. The van der Waals surface area contributed by atoms with Gasteiger partial charge in [0, 0.05) is 19.8 Å². The molecule has 7 heteroatoms. The number of carboxylic acids is 1. The highest BCUT2D eigenvalue weighted by Gasteiger charge is 2.15. The molecule has 0 heterocycles. The van der Waals surface area contributed by atoms with E-state index in [0.29, 0.717) is 0 Å². The Morgan fingerprint density at radius 1 is 1.41 bits per heavy atom. The van der Waals surface area contributed by atoms with Crippen LogP contribution < -0.4 is 9.62 Å². The summed E-state index contributed by atoms with van der Waals surface area (Å²) in [6.07, 6.45) is 0. The van der Waals surface area contributed by atoms with Crippen molar-refractivity contribution < 1.29 is 18.3 Å². The third kappa shape index (κ3) is 3.72. The second-order valence-electron chi connectivity index (χ2n) is 3.61. The van der Waals surface area contributed by atoms with Gasteiger partial charge in [-0.2, -0.15) is 4.72 Å². The fourth-order valence-electron chi connectivity index (χ4n) is 1.17. The molecule has 6 nitrogen and oxygen atoms in total. The molecule has 0 unspecified atom stereocenters.